The number of aliphatic hydroxyl groups is 1. The van der Waals surface area contributed by atoms with Gasteiger partial charge in [-0.05, 0) is 27.7 Å². The first-order valence-corrected chi connectivity index (χ1v) is 7.10. The molecular weight excluding hydrogens is 281 g/mol. The fraction of sp³-hybridized carbons (Fsp3) is 0.857. The summed E-state index contributed by atoms with van der Waals surface area (Å²) in [5.41, 5.74) is -2.68. The Labute approximate surface area is 124 Å². The van der Waals surface area contributed by atoms with Gasteiger partial charge in [-0.25, -0.2) is 14.0 Å². The second-order valence-corrected chi connectivity index (χ2v) is 6.16. The van der Waals surface area contributed by atoms with Gasteiger partial charge in [0.15, 0.2) is 11.8 Å². The zero-order valence-electron chi connectivity index (χ0n) is 13.0. The Morgan fingerprint density at radius 2 is 1.86 bits per heavy atom. The normalized spacial score (nSPS) is 19.8. The number of rotatable bonds is 3. The van der Waals surface area contributed by atoms with Crippen LogP contribution in [0, 0.1) is 0 Å². The monoisotopic (exact) mass is 305 g/mol. The van der Waals surface area contributed by atoms with Gasteiger partial charge in [-0.15, -0.1) is 0 Å². The lowest BCUT2D eigenvalue weighted by Gasteiger charge is -2.38. The maximum absolute atomic E-state index is 14.6. The molecule has 1 amide bonds. The minimum absolute atomic E-state index is 0.0794. The van der Waals surface area contributed by atoms with Crippen LogP contribution in [-0.4, -0.2) is 59.1 Å². The first kappa shape index (κ1) is 17.7. The molecule has 7 heteroatoms. The number of nitrogens with zero attached hydrogens (tertiary/aromatic N) is 1. The van der Waals surface area contributed by atoms with Gasteiger partial charge >= 0.3 is 12.1 Å². The molecule has 1 fully saturated rings. The summed E-state index contributed by atoms with van der Waals surface area (Å²) in [6.07, 6.45) is -2.60. The van der Waals surface area contributed by atoms with E-state index in [-0.39, 0.29) is 32.5 Å². The van der Waals surface area contributed by atoms with Crippen molar-refractivity contribution >= 4 is 12.1 Å². The summed E-state index contributed by atoms with van der Waals surface area (Å²) >= 11 is 0. The number of amides is 1. The number of esters is 1. The Morgan fingerprint density at radius 1 is 1.33 bits per heavy atom. The van der Waals surface area contributed by atoms with Gasteiger partial charge in [0.2, 0.25) is 0 Å². The molecule has 1 heterocycles. The number of piperidine rings is 1. The highest BCUT2D eigenvalue weighted by molar-refractivity contribution is 5.76. The van der Waals surface area contributed by atoms with E-state index in [1.807, 2.05) is 0 Å². The second-order valence-electron chi connectivity index (χ2n) is 6.16. The number of likely N-dealkylation sites (tertiary alicyclic amines) is 1. The topological polar surface area (TPSA) is 76.1 Å². The summed E-state index contributed by atoms with van der Waals surface area (Å²) in [5.74, 6) is -0.967. The predicted octanol–water partition coefficient (Wildman–Crippen LogP) is 1.65. The van der Waals surface area contributed by atoms with E-state index in [2.05, 4.69) is 4.74 Å². The maximum Gasteiger partial charge on any atom is 0.410 e. The van der Waals surface area contributed by atoms with Crippen LogP contribution in [0.4, 0.5) is 9.18 Å². The van der Waals surface area contributed by atoms with Crippen LogP contribution in [0.2, 0.25) is 0 Å². The first-order chi connectivity index (χ1) is 9.59. The molecule has 0 aromatic carbocycles. The van der Waals surface area contributed by atoms with Crippen molar-refractivity contribution in [2.45, 2.75) is 57.9 Å². The third-order valence-corrected chi connectivity index (χ3v) is 3.25. The lowest BCUT2D eigenvalue weighted by atomic mass is 9.88. The third-order valence-electron chi connectivity index (χ3n) is 3.25. The van der Waals surface area contributed by atoms with Gasteiger partial charge in [0.1, 0.15) is 5.60 Å². The molecule has 0 aromatic heterocycles. The molecule has 1 saturated heterocycles. The van der Waals surface area contributed by atoms with Crippen molar-refractivity contribution in [2.24, 2.45) is 0 Å². The van der Waals surface area contributed by atoms with E-state index < -0.39 is 29.4 Å². The molecular formula is C14H24FNO5. The average Bonchev–Trinajstić information content (AvgIpc) is 2.36. The van der Waals surface area contributed by atoms with Gasteiger partial charge in [-0.3, -0.25) is 0 Å². The minimum Gasteiger partial charge on any atom is -0.464 e. The number of ether oxygens (including phenoxy) is 2. The van der Waals surface area contributed by atoms with Crippen LogP contribution in [-0.2, 0) is 14.3 Å². The van der Waals surface area contributed by atoms with Crippen molar-refractivity contribution < 1.29 is 28.6 Å². The van der Waals surface area contributed by atoms with Crippen LogP contribution in [0.1, 0.15) is 40.5 Å². The van der Waals surface area contributed by atoms with Crippen LogP contribution in [0.3, 0.4) is 0 Å². The summed E-state index contributed by atoms with van der Waals surface area (Å²) in [6, 6.07) is 0. The van der Waals surface area contributed by atoms with E-state index in [1.165, 1.54) is 4.90 Å². The van der Waals surface area contributed by atoms with Crippen LogP contribution in [0.15, 0.2) is 0 Å². The molecule has 1 atom stereocenters. The van der Waals surface area contributed by atoms with E-state index in [1.54, 1.807) is 27.7 Å². The van der Waals surface area contributed by atoms with Crippen LogP contribution in [0.5, 0.6) is 0 Å². The van der Waals surface area contributed by atoms with E-state index in [0.29, 0.717) is 0 Å². The van der Waals surface area contributed by atoms with Gasteiger partial charge in [0, 0.05) is 25.9 Å². The smallest absolute Gasteiger partial charge is 0.410 e. The molecule has 0 bridgehead atoms. The van der Waals surface area contributed by atoms with Crippen molar-refractivity contribution in [3.8, 4) is 0 Å². The van der Waals surface area contributed by atoms with Gasteiger partial charge < -0.3 is 19.5 Å². The molecule has 0 spiro atoms. The zero-order chi connectivity index (χ0) is 16.3. The summed E-state index contributed by atoms with van der Waals surface area (Å²) < 4.78 is 24.4. The van der Waals surface area contributed by atoms with Crippen molar-refractivity contribution in [2.75, 3.05) is 19.7 Å². The van der Waals surface area contributed by atoms with Gasteiger partial charge in [0.05, 0.1) is 6.61 Å². The number of aliphatic hydroxyl groups excluding tert-OH is 1. The number of hydrogen-bond donors (Lipinski definition) is 1. The van der Waals surface area contributed by atoms with Crippen molar-refractivity contribution in [1.82, 2.24) is 4.90 Å². The average molecular weight is 305 g/mol. The SMILES string of the molecule is CCOC(=O)C(O)C1(F)CCN(C(=O)OC(C)(C)C)CC1. The van der Waals surface area contributed by atoms with E-state index in [9.17, 15) is 19.1 Å². The summed E-state index contributed by atoms with van der Waals surface area (Å²) in [6.45, 7) is 7.08. The van der Waals surface area contributed by atoms with E-state index >= 15 is 0 Å². The number of halogens is 1. The Kier molecular flexibility index (Phi) is 5.55. The van der Waals surface area contributed by atoms with Gasteiger partial charge in [0.25, 0.3) is 0 Å². The third kappa shape index (κ3) is 4.84. The number of carbonyl (C=O) groups is 2. The molecule has 1 aliphatic rings. The van der Waals surface area contributed by atoms with E-state index in [4.69, 9.17) is 4.74 Å². The molecule has 0 saturated carbocycles. The fourth-order valence-corrected chi connectivity index (χ4v) is 2.09. The predicted molar refractivity (Wildman–Crippen MR) is 73.5 cm³/mol. The lowest BCUT2D eigenvalue weighted by molar-refractivity contribution is -0.165. The van der Waals surface area contributed by atoms with E-state index in [0.717, 1.165) is 0 Å². The van der Waals surface area contributed by atoms with Crippen LogP contribution in [0.25, 0.3) is 0 Å². The molecule has 0 aliphatic carbocycles. The zero-order valence-corrected chi connectivity index (χ0v) is 13.0. The van der Waals surface area contributed by atoms with Crippen molar-refractivity contribution in [3.63, 3.8) is 0 Å². The Balaban J connectivity index is 2.58. The molecule has 1 N–H and O–H groups in total. The van der Waals surface area contributed by atoms with Gasteiger partial charge in [-0.1, -0.05) is 0 Å². The van der Waals surface area contributed by atoms with Gasteiger partial charge in [-0.2, -0.15) is 0 Å². The molecule has 21 heavy (non-hydrogen) atoms. The van der Waals surface area contributed by atoms with Crippen molar-refractivity contribution in [1.29, 1.82) is 0 Å². The highest BCUT2D eigenvalue weighted by Gasteiger charge is 2.46. The number of hydrogen-bond acceptors (Lipinski definition) is 5. The highest BCUT2D eigenvalue weighted by Crippen LogP contribution is 2.31. The Hall–Kier alpha value is -1.37. The van der Waals surface area contributed by atoms with Crippen LogP contribution >= 0.6 is 0 Å². The first-order valence-electron chi connectivity index (χ1n) is 7.10. The largest absolute Gasteiger partial charge is 0.464 e. The molecule has 1 unspecified atom stereocenters. The molecule has 0 aromatic rings. The highest BCUT2D eigenvalue weighted by atomic mass is 19.1. The number of carbonyl (C=O) groups excluding carboxylic acids is 2. The minimum atomic E-state index is -2.06. The molecule has 1 aliphatic heterocycles. The maximum atomic E-state index is 14.6. The summed E-state index contributed by atoms with van der Waals surface area (Å²) in [4.78, 5) is 24.7. The van der Waals surface area contributed by atoms with Crippen molar-refractivity contribution in [3.05, 3.63) is 0 Å². The molecule has 122 valence electrons. The second kappa shape index (κ2) is 6.60. The number of alkyl halides is 1. The fourth-order valence-electron chi connectivity index (χ4n) is 2.09. The Morgan fingerprint density at radius 3 is 2.29 bits per heavy atom. The quantitative estimate of drug-likeness (QED) is 0.802. The Bertz CT molecular complexity index is 385. The molecule has 6 nitrogen and oxygen atoms in total. The molecule has 0 radical (unpaired) electrons. The lowest BCUT2D eigenvalue weighted by Crippen LogP contribution is -2.53. The van der Waals surface area contributed by atoms with Crippen LogP contribution < -0.4 is 0 Å². The standard InChI is InChI=1S/C14H24FNO5/c1-5-20-11(18)10(17)14(15)6-8-16(9-7-14)12(19)21-13(2,3)4/h10,17H,5-9H2,1-4H3. The summed E-state index contributed by atoms with van der Waals surface area (Å²) in [7, 11) is 0. The summed E-state index contributed by atoms with van der Waals surface area (Å²) in [5, 5.41) is 9.76. The molecule has 1 rings (SSSR count).